The Bertz CT molecular complexity index is 427. The van der Waals surface area contributed by atoms with E-state index >= 15 is 0 Å². The maximum absolute atomic E-state index is 11.5. The number of nitrogens with two attached hydrogens (primary N) is 1. The van der Waals surface area contributed by atoms with Gasteiger partial charge >= 0.3 is 0 Å². The van der Waals surface area contributed by atoms with Gasteiger partial charge in [-0.05, 0) is 20.3 Å². The highest BCUT2D eigenvalue weighted by Gasteiger charge is 2.20. The Morgan fingerprint density at radius 1 is 1.42 bits per heavy atom. The molecular formula is C14H24N2O2S. The number of ether oxygens (including phenoxy) is 1. The number of rotatable bonds is 8. The standard InChI is InChI=1S/C14H24N2O2S/c1-5-6-7-8-16-14-12(18-9(2)3)11(15)13(19-14)10(4)17/h9,16H,5-8,15H2,1-4H3. The quantitative estimate of drug-likeness (QED) is 0.561. The van der Waals surface area contributed by atoms with Gasteiger partial charge in [0.2, 0.25) is 0 Å². The van der Waals surface area contributed by atoms with Gasteiger partial charge in [0, 0.05) is 13.5 Å². The summed E-state index contributed by atoms with van der Waals surface area (Å²) in [7, 11) is 0. The summed E-state index contributed by atoms with van der Waals surface area (Å²) in [5.41, 5.74) is 6.47. The van der Waals surface area contributed by atoms with E-state index in [2.05, 4.69) is 12.2 Å². The molecule has 1 aromatic rings. The average molecular weight is 284 g/mol. The van der Waals surface area contributed by atoms with Crippen molar-refractivity contribution in [3.63, 3.8) is 0 Å². The van der Waals surface area contributed by atoms with Gasteiger partial charge in [-0.1, -0.05) is 19.8 Å². The Kier molecular flexibility index (Phi) is 6.15. The normalized spacial score (nSPS) is 10.8. The molecule has 0 saturated heterocycles. The molecule has 0 aliphatic heterocycles. The zero-order valence-electron chi connectivity index (χ0n) is 12.2. The molecule has 0 spiro atoms. The molecule has 0 aliphatic carbocycles. The van der Waals surface area contributed by atoms with Crippen LogP contribution in [-0.2, 0) is 0 Å². The second kappa shape index (κ2) is 7.38. The number of carbonyl (C=O) groups is 1. The van der Waals surface area contributed by atoms with E-state index in [0.29, 0.717) is 16.3 Å². The van der Waals surface area contributed by atoms with Crippen LogP contribution in [0, 0.1) is 0 Å². The average Bonchev–Trinajstić information content (AvgIpc) is 2.63. The van der Waals surface area contributed by atoms with E-state index in [0.717, 1.165) is 18.0 Å². The van der Waals surface area contributed by atoms with Crippen molar-refractivity contribution in [2.24, 2.45) is 0 Å². The molecule has 3 N–H and O–H groups in total. The molecule has 0 unspecified atom stereocenters. The summed E-state index contributed by atoms with van der Waals surface area (Å²) in [5, 5.41) is 4.20. The minimum Gasteiger partial charge on any atom is -0.486 e. The van der Waals surface area contributed by atoms with Crippen molar-refractivity contribution < 1.29 is 9.53 Å². The van der Waals surface area contributed by atoms with Gasteiger partial charge in [0.25, 0.3) is 0 Å². The van der Waals surface area contributed by atoms with Crippen molar-refractivity contribution in [3.8, 4) is 5.75 Å². The van der Waals surface area contributed by atoms with E-state index in [1.807, 2.05) is 13.8 Å². The third-order valence-corrected chi connectivity index (χ3v) is 3.88. The molecule has 5 heteroatoms. The first-order valence-corrected chi connectivity index (χ1v) is 7.62. The Labute approximate surface area is 119 Å². The van der Waals surface area contributed by atoms with Crippen LogP contribution in [-0.4, -0.2) is 18.4 Å². The molecular weight excluding hydrogens is 260 g/mol. The third-order valence-electron chi connectivity index (χ3n) is 2.64. The summed E-state index contributed by atoms with van der Waals surface area (Å²) in [6, 6.07) is 0. The molecule has 108 valence electrons. The first-order valence-electron chi connectivity index (χ1n) is 6.81. The lowest BCUT2D eigenvalue weighted by molar-refractivity contribution is 0.102. The number of Topliss-reactive ketones (excluding diaryl/α,β-unsaturated/α-hetero) is 1. The predicted octanol–water partition coefficient (Wildman–Crippen LogP) is 3.92. The van der Waals surface area contributed by atoms with Crippen molar-refractivity contribution in [1.82, 2.24) is 0 Å². The van der Waals surface area contributed by atoms with Gasteiger partial charge < -0.3 is 15.8 Å². The molecule has 0 amide bonds. The van der Waals surface area contributed by atoms with E-state index in [1.54, 1.807) is 0 Å². The van der Waals surface area contributed by atoms with Crippen LogP contribution in [0.25, 0.3) is 0 Å². The minimum absolute atomic E-state index is 0.0160. The first-order chi connectivity index (χ1) is 8.97. The molecule has 0 fully saturated rings. The fourth-order valence-corrected chi connectivity index (χ4v) is 2.71. The number of unbranched alkanes of at least 4 members (excludes halogenated alkanes) is 2. The third kappa shape index (κ3) is 4.42. The molecule has 1 aromatic heterocycles. The summed E-state index contributed by atoms with van der Waals surface area (Å²) >= 11 is 1.38. The van der Waals surface area contributed by atoms with E-state index < -0.39 is 0 Å². The lowest BCUT2D eigenvalue weighted by Gasteiger charge is -2.12. The molecule has 0 aromatic carbocycles. The maximum atomic E-state index is 11.5. The molecule has 0 atom stereocenters. The monoisotopic (exact) mass is 284 g/mol. The number of hydrogen-bond donors (Lipinski definition) is 2. The Morgan fingerprint density at radius 3 is 2.63 bits per heavy atom. The predicted molar refractivity (Wildman–Crippen MR) is 82.5 cm³/mol. The van der Waals surface area contributed by atoms with E-state index in [-0.39, 0.29) is 11.9 Å². The van der Waals surface area contributed by atoms with Crippen LogP contribution in [0.1, 0.15) is 56.6 Å². The largest absolute Gasteiger partial charge is 0.486 e. The fourth-order valence-electron chi connectivity index (χ4n) is 1.74. The van der Waals surface area contributed by atoms with Gasteiger partial charge in [-0.3, -0.25) is 4.79 Å². The maximum Gasteiger partial charge on any atom is 0.177 e. The van der Waals surface area contributed by atoms with E-state index in [1.165, 1.54) is 31.1 Å². The lowest BCUT2D eigenvalue weighted by Crippen LogP contribution is -2.09. The van der Waals surface area contributed by atoms with Crippen LogP contribution in [0.15, 0.2) is 0 Å². The summed E-state index contributed by atoms with van der Waals surface area (Å²) < 4.78 is 5.73. The zero-order valence-corrected chi connectivity index (χ0v) is 13.0. The van der Waals surface area contributed by atoms with Crippen LogP contribution in [0.4, 0.5) is 10.7 Å². The topological polar surface area (TPSA) is 64.4 Å². The van der Waals surface area contributed by atoms with Gasteiger partial charge in [0.05, 0.1) is 16.7 Å². The van der Waals surface area contributed by atoms with Gasteiger partial charge in [-0.2, -0.15) is 0 Å². The first kappa shape index (κ1) is 15.8. The number of ketones is 1. The highest BCUT2D eigenvalue weighted by molar-refractivity contribution is 7.19. The number of thiophene rings is 1. The Hall–Kier alpha value is -1.23. The molecule has 4 nitrogen and oxygen atoms in total. The van der Waals surface area contributed by atoms with Crippen LogP contribution in [0.5, 0.6) is 5.75 Å². The smallest absolute Gasteiger partial charge is 0.177 e. The summed E-state index contributed by atoms with van der Waals surface area (Å²) in [5.74, 6) is 0.611. The zero-order chi connectivity index (χ0) is 14.4. The second-order valence-corrected chi connectivity index (χ2v) is 5.88. The molecule has 0 saturated carbocycles. The number of nitrogens with one attached hydrogen (secondary N) is 1. The number of nitrogen functional groups attached to an aromatic ring is 1. The highest BCUT2D eigenvalue weighted by Crippen LogP contribution is 2.43. The molecule has 0 bridgehead atoms. The molecule has 1 rings (SSSR count). The van der Waals surface area contributed by atoms with E-state index in [4.69, 9.17) is 10.5 Å². The van der Waals surface area contributed by atoms with Crippen molar-refractivity contribution in [1.29, 1.82) is 0 Å². The van der Waals surface area contributed by atoms with E-state index in [9.17, 15) is 4.79 Å². The van der Waals surface area contributed by atoms with Gasteiger partial charge in [-0.25, -0.2) is 0 Å². The van der Waals surface area contributed by atoms with Crippen molar-refractivity contribution in [2.45, 2.75) is 53.1 Å². The van der Waals surface area contributed by atoms with Crippen molar-refractivity contribution in [2.75, 3.05) is 17.6 Å². The SMILES string of the molecule is CCCCCNc1sc(C(C)=O)c(N)c1OC(C)C. The van der Waals surface area contributed by atoms with Gasteiger partial charge in [0.1, 0.15) is 5.00 Å². The van der Waals surface area contributed by atoms with Crippen LogP contribution in [0.3, 0.4) is 0 Å². The summed E-state index contributed by atoms with van der Waals surface area (Å²) in [4.78, 5) is 12.1. The van der Waals surface area contributed by atoms with Crippen molar-refractivity contribution >= 4 is 27.8 Å². The molecule has 1 heterocycles. The van der Waals surface area contributed by atoms with Crippen LogP contribution in [0.2, 0.25) is 0 Å². The Morgan fingerprint density at radius 2 is 2.11 bits per heavy atom. The molecule has 19 heavy (non-hydrogen) atoms. The molecule has 0 aliphatic rings. The van der Waals surface area contributed by atoms with Crippen LogP contribution >= 0.6 is 11.3 Å². The van der Waals surface area contributed by atoms with Crippen LogP contribution < -0.4 is 15.8 Å². The summed E-state index contributed by atoms with van der Waals surface area (Å²) in [6.07, 6.45) is 3.51. The van der Waals surface area contributed by atoms with Gasteiger partial charge in [-0.15, -0.1) is 11.3 Å². The highest BCUT2D eigenvalue weighted by atomic mass is 32.1. The number of carbonyl (C=O) groups excluding carboxylic acids is 1. The lowest BCUT2D eigenvalue weighted by atomic mass is 10.2. The van der Waals surface area contributed by atoms with Gasteiger partial charge in [0.15, 0.2) is 11.5 Å². The Balaban J connectivity index is 2.87. The molecule has 0 radical (unpaired) electrons. The van der Waals surface area contributed by atoms with Crippen molar-refractivity contribution in [3.05, 3.63) is 4.88 Å². The second-order valence-electron chi connectivity index (χ2n) is 4.86. The minimum atomic E-state index is -0.0160. The summed E-state index contributed by atoms with van der Waals surface area (Å²) in [6.45, 7) is 8.48. The fraction of sp³-hybridized carbons (Fsp3) is 0.643. The number of hydrogen-bond acceptors (Lipinski definition) is 5. The number of anilines is 2.